The van der Waals surface area contributed by atoms with Crippen LogP contribution in [0.3, 0.4) is 0 Å². The molecule has 0 amide bonds. The first kappa shape index (κ1) is 15.4. The SMILES string of the molecule is CCCC(Nc1ccc(N)c(C(=O)OC)c1)c1cccs1. The van der Waals surface area contributed by atoms with Crippen molar-refractivity contribution < 1.29 is 9.53 Å². The topological polar surface area (TPSA) is 64.3 Å². The van der Waals surface area contributed by atoms with Crippen LogP contribution in [0.2, 0.25) is 0 Å². The lowest BCUT2D eigenvalue weighted by Crippen LogP contribution is -2.11. The Morgan fingerprint density at radius 3 is 2.86 bits per heavy atom. The van der Waals surface area contributed by atoms with Crippen molar-refractivity contribution in [3.05, 3.63) is 46.2 Å². The molecular formula is C16H20N2O2S. The van der Waals surface area contributed by atoms with E-state index in [0.29, 0.717) is 11.3 Å². The van der Waals surface area contributed by atoms with Crippen LogP contribution in [0.1, 0.15) is 41.0 Å². The molecule has 112 valence electrons. The summed E-state index contributed by atoms with van der Waals surface area (Å²) >= 11 is 1.73. The highest BCUT2D eigenvalue weighted by Crippen LogP contribution is 2.29. The minimum atomic E-state index is -0.417. The van der Waals surface area contributed by atoms with E-state index < -0.39 is 5.97 Å². The van der Waals surface area contributed by atoms with Crippen molar-refractivity contribution in [3.63, 3.8) is 0 Å². The van der Waals surface area contributed by atoms with E-state index in [4.69, 9.17) is 10.5 Å². The normalized spacial score (nSPS) is 11.9. The number of thiophene rings is 1. The van der Waals surface area contributed by atoms with Crippen molar-refractivity contribution in [3.8, 4) is 0 Å². The van der Waals surface area contributed by atoms with Gasteiger partial charge in [-0.25, -0.2) is 4.79 Å². The molecule has 0 radical (unpaired) electrons. The van der Waals surface area contributed by atoms with Gasteiger partial charge in [0.25, 0.3) is 0 Å². The van der Waals surface area contributed by atoms with Gasteiger partial charge in [0, 0.05) is 16.3 Å². The van der Waals surface area contributed by atoms with Gasteiger partial charge in [-0.05, 0) is 36.1 Å². The van der Waals surface area contributed by atoms with Crippen molar-refractivity contribution in [2.45, 2.75) is 25.8 Å². The maximum Gasteiger partial charge on any atom is 0.340 e. The monoisotopic (exact) mass is 304 g/mol. The van der Waals surface area contributed by atoms with Gasteiger partial charge in [-0.1, -0.05) is 19.4 Å². The Labute approximate surface area is 128 Å². The summed E-state index contributed by atoms with van der Waals surface area (Å²) in [6, 6.07) is 9.77. The Kier molecular flexibility index (Phi) is 5.22. The van der Waals surface area contributed by atoms with Crippen molar-refractivity contribution in [2.24, 2.45) is 0 Å². The minimum absolute atomic E-state index is 0.240. The van der Waals surface area contributed by atoms with Crippen LogP contribution >= 0.6 is 11.3 Å². The van der Waals surface area contributed by atoms with Crippen molar-refractivity contribution in [2.75, 3.05) is 18.2 Å². The summed E-state index contributed by atoms with van der Waals surface area (Å²) in [4.78, 5) is 13.0. The molecule has 1 aromatic carbocycles. The van der Waals surface area contributed by atoms with Gasteiger partial charge in [-0.15, -0.1) is 11.3 Å². The minimum Gasteiger partial charge on any atom is -0.465 e. The average molecular weight is 304 g/mol. The fourth-order valence-electron chi connectivity index (χ4n) is 2.20. The number of nitrogens with one attached hydrogen (secondary N) is 1. The molecule has 1 unspecified atom stereocenters. The third-order valence-electron chi connectivity index (χ3n) is 3.26. The second-order valence-electron chi connectivity index (χ2n) is 4.79. The van der Waals surface area contributed by atoms with Gasteiger partial charge in [-0.3, -0.25) is 0 Å². The number of methoxy groups -OCH3 is 1. The Bertz CT molecular complexity index is 596. The predicted octanol–water partition coefficient (Wildman–Crippen LogP) is 4.07. The summed E-state index contributed by atoms with van der Waals surface area (Å²) in [6.07, 6.45) is 2.10. The number of rotatable bonds is 6. The third-order valence-corrected chi connectivity index (χ3v) is 4.25. The molecular weight excluding hydrogens is 284 g/mol. The zero-order valence-electron chi connectivity index (χ0n) is 12.3. The molecule has 1 atom stereocenters. The van der Waals surface area contributed by atoms with Crippen molar-refractivity contribution in [1.29, 1.82) is 0 Å². The Morgan fingerprint density at radius 2 is 2.24 bits per heavy atom. The molecule has 0 aliphatic carbocycles. The summed E-state index contributed by atoms with van der Waals surface area (Å²) in [5.74, 6) is -0.417. The van der Waals surface area contributed by atoms with Gasteiger partial charge in [0.15, 0.2) is 0 Å². The highest BCUT2D eigenvalue weighted by molar-refractivity contribution is 7.10. The summed E-state index contributed by atoms with van der Waals surface area (Å²) in [5.41, 5.74) is 7.51. The van der Waals surface area contributed by atoms with Crippen LogP contribution in [0.15, 0.2) is 35.7 Å². The zero-order valence-corrected chi connectivity index (χ0v) is 13.1. The molecule has 2 aromatic rings. The summed E-state index contributed by atoms with van der Waals surface area (Å²) in [5, 5.41) is 5.55. The predicted molar refractivity (Wildman–Crippen MR) is 87.8 cm³/mol. The van der Waals surface area contributed by atoms with Crippen LogP contribution in [-0.2, 0) is 4.74 Å². The standard InChI is InChI=1S/C16H20N2O2S/c1-3-5-14(15-6-4-9-21-15)18-11-7-8-13(17)12(10-11)16(19)20-2/h4,6-10,14,18H,3,5,17H2,1-2H3. The highest BCUT2D eigenvalue weighted by atomic mass is 32.1. The number of nitrogen functional groups attached to an aromatic ring is 1. The number of nitrogens with two attached hydrogens (primary N) is 1. The fourth-order valence-corrected chi connectivity index (χ4v) is 3.01. The first-order valence-electron chi connectivity index (χ1n) is 6.93. The van der Waals surface area contributed by atoms with Crippen LogP contribution < -0.4 is 11.1 Å². The third kappa shape index (κ3) is 3.76. The molecule has 0 bridgehead atoms. The number of anilines is 2. The number of esters is 1. The van der Waals surface area contributed by atoms with Crippen LogP contribution in [-0.4, -0.2) is 13.1 Å². The number of carbonyl (C=O) groups is 1. The van der Waals surface area contributed by atoms with Crippen LogP contribution in [0.5, 0.6) is 0 Å². The Hall–Kier alpha value is -2.01. The maximum absolute atomic E-state index is 11.7. The molecule has 0 aliphatic rings. The van der Waals surface area contributed by atoms with E-state index in [2.05, 4.69) is 23.7 Å². The molecule has 5 heteroatoms. The van der Waals surface area contributed by atoms with Crippen LogP contribution in [0.4, 0.5) is 11.4 Å². The smallest absolute Gasteiger partial charge is 0.340 e. The molecule has 21 heavy (non-hydrogen) atoms. The van der Waals surface area contributed by atoms with E-state index in [1.807, 2.05) is 12.1 Å². The molecule has 1 aromatic heterocycles. The number of ether oxygens (including phenoxy) is 1. The largest absolute Gasteiger partial charge is 0.465 e. The van der Waals surface area contributed by atoms with Gasteiger partial charge in [0.2, 0.25) is 0 Å². The number of benzene rings is 1. The first-order valence-corrected chi connectivity index (χ1v) is 7.81. The van der Waals surface area contributed by atoms with E-state index in [1.54, 1.807) is 23.5 Å². The summed E-state index contributed by atoms with van der Waals surface area (Å²) < 4.78 is 4.75. The van der Waals surface area contributed by atoms with E-state index >= 15 is 0 Å². The molecule has 0 saturated carbocycles. The van der Waals surface area contributed by atoms with E-state index in [-0.39, 0.29) is 6.04 Å². The second-order valence-corrected chi connectivity index (χ2v) is 5.77. The summed E-state index contributed by atoms with van der Waals surface area (Å²) in [7, 11) is 1.35. The molecule has 4 nitrogen and oxygen atoms in total. The van der Waals surface area contributed by atoms with Crippen molar-refractivity contribution in [1.82, 2.24) is 0 Å². The second kappa shape index (κ2) is 7.13. The fraction of sp³-hybridized carbons (Fsp3) is 0.312. The molecule has 1 heterocycles. The number of carbonyl (C=O) groups excluding carboxylic acids is 1. The van der Waals surface area contributed by atoms with Gasteiger partial charge < -0.3 is 15.8 Å². The molecule has 0 saturated heterocycles. The van der Waals surface area contributed by atoms with Gasteiger partial charge in [0.1, 0.15) is 0 Å². The van der Waals surface area contributed by atoms with Gasteiger partial charge in [-0.2, -0.15) is 0 Å². The molecule has 0 spiro atoms. The lowest BCUT2D eigenvalue weighted by Gasteiger charge is -2.19. The average Bonchev–Trinajstić information content (AvgIpc) is 3.02. The maximum atomic E-state index is 11.7. The van der Waals surface area contributed by atoms with Crippen LogP contribution in [0.25, 0.3) is 0 Å². The zero-order chi connectivity index (χ0) is 15.2. The molecule has 3 N–H and O–H groups in total. The lowest BCUT2D eigenvalue weighted by molar-refractivity contribution is 0.0602. The van der Waals surface area contributed by atoms with Gasteiger partial charge in [0.05, 0.1) is 18.7 Å². The summed E-state index contributed by atoms with van der Waals surface area (Å²) in [6.45, 7) is 2.16. The number of hydrogen-bond donors (Lipinski definition) is 2. The Balaban J connectivity index is 2.23. The Morgan fingerprint density at radius 1 is 1.43 bits per heavy atom. The lowest BCUT2D eigenvalue weighted by atomic mass is 10.1. The first-order chi connectivity index (χ1) is 10.2. The molecule has 2 rings (SSSR count). The van der Waals surface area contributed by atoms with E-state index in [0.717, 1.165) is 18.5 Å². The van der Waals surface area contributed by atoms with Crippen molar-refractivity contribution >= 4 is 28.7 Å². The quantitative estimate of drug-likeness (QED) is 0.623. The van der Waals surface area contributed by atoms with Crippen LogP contribution in [0, 0.1) is 0 Å². The van der Waals surface area contributed by atoms with E-state index in [1.165, 1.54) is 12.0 Å². The number of hydrogen-bond acceptors (Lipinski definition) is 5. The molecule has 0 fully saturated rings. The highest BCUT2D eigenvalue weighted by Gasteiger charge is 2.14. The van der Waals surface area contributed by atoms with Gasteiger partial charge >= 0.3 is 5.97 Å². The molecule has 0 aliphatic heterocycles. The van der Waals surface area contributed by atoms with E-state index in [9.17, 15) is 4.79 Å².